The van der Waals surface area contributed by atoms with Crippen molar-refractivity contribution in [2.24, 2.45) is 0 Å². The van der Waals surface area contributed by atoms with E-state index in [9.17, 15) is 0 Å². The third-order valence-corrected chi connectivity index (χ3v) is 4.29. The van der Waals surface area contributed by atoms with Gasteiger partial charge in [0, 0.05) is 22.4 Å². The summed E-state index contributed by atoms with van der Waals surface area (Å²) in [6.45, 7) is 0. The number of nitrogen functional groups attached to an aromatic ring is 1. The number of anilines is 1. The van der Waals surface area contributed by atoms with Gasteiger partial charge in [0.25, 0.3) is 0 Å². The molecule has 0 saturated carbocycles. The fourth-order valence-corrected chi connectivity index (χ4v) is 2.96. The second-order valence-corrected chi connectivity index (χ2v) is 6.17. The van der Waals surface area contributed by atoms with E-state index in [1.807, 2.05) is 54.6 Å². The minimum Gasteiger partial charge on any atom is -0.384 e. The Hall–Kier alpha value is -2.04. The normalized spacial score (nSPS) is 10.6. The molecule has 3 aromatic rings. The Morgan fingerprint density at radius 1 is 0.955 bits per heavy atom. The van der Waals surface area contributed by atoms with Crippen LogP contribution in [0.25, 0.3) is 11.4 Å². The molecule has 0 amide bonds. The van der Waals surface area contributed by atoms with Gasteiger partial charge >= 0.3 is 0 Å². The fraction of sp³-hybridized carbons (Fsp3) is 0.0588. The summed E-state index contributed by atoms with van der Waals surface area (Å²) in [5.41, 5.74) is 8.05. The molecule has 3 nitrogen and oxygen atoms in total. The predicted octanol–water partition coefficient (Wildman–Crippen LogP) is 4.67. The number of aromatic nitrogens is 2. The largest absolute Gasteiger partial charge is 0.384 e. The Morgan fingerprint density at radius 2 is 1.68 bits per heavy atom. The molecule has 2 aromatic carbocycles. The molecule has 0 atom stereocenters. The monoisotopic (exact) mass is 327 g/mol. The Morgan fingerprint density at radius 3 is 2.41 bits per heavy atom. The lowest BCUT2D eigenvalue weighted by atomic mass is 10.2. The van der Waals surface area contributed by atoms with Gasteiger partial charge in [0.1, 0.15) is 10.8 Å². The zero-order chi connectivity index (χ0) is 15.4. The molecule has 3 rings (SSSR count). The number of rotatable bonds is 4. The van der Waals surface area contributed by atoms with Crippen LogP contribution in [-0.2, 0) is 5.75 Å². The first-order valence-corrected chi connectivity index (χ1v) is 8.14. The minimum absolute atomic E-state index is 0.479. The van der Waals surface area contributed by atoms with Crippen molar-refractivity contribution in [3.8, 4) is 11.4 Å². The van der Waals surface area contributed by atoms with E-state index in [0.29, 0.717) is 11.6 Å². The summed E-state index contributed by atoms with van der Waals surface area (Å²) < 4.78 is 0. The number of nitrogens with zero attached hydrogens (tertiary/aromatic N) is 2. The molecule has 5 heteroatoms. The Kier molecular flexibility index (Phi) is 4.61. The van der Waals surface area contributed by atoms with Crippen LogP contribution in [0.2, 0.25) is 5.02 Å². The molecule has 0 bridgehead atoms. The van der Waals surface area contributed by atoms with E-state index in [2.05, 4.69) is 9.97 Å². The van der Waals surface area contributed by atoms with Gasteiger partial charge in [-0.25, -0.2) is 9.97 Å². The molecule has 0 aliphatic heterocycles. The summed E-state index contributed by atoms with van der Waals surface area (Å²) in [4.78, 5) is 8.89. The maximum atomic E-state index is 5.90. The second-order valence-electron chi connectivity index (χ2n) is 4.74. The summed E-state index contributed by atoms with van der Waals surface area (Å²) in [5.74, 6) is 1.94. The van der Waals surface area contributed by atoms with E-state index in [1.54, 1.807) is 17.8 Å². The Labute approximate surface area is 138 Å². The molecule has 0 aliphatic rings. The summed E-state index contributed by atoms with van der Waals surface area (Å²) >= 11 is 7.52. The van der Waals surface area contributed by atoms with Crippen molar-refractivity contribution in [1.82, 2.24) is 9.97 Å². The van der Waals surface area contributed by atoms with Crippen molar-refractivity contribution < 1.29 is 0 Å². The molecule has 0 aliphatic carbocycles. The van der Waals surface area contributed by atoms with Crippen molar-refractivity contribution in [3.63, 3.8) is 0 Å². The number of hydrogen-bond acceptors (Lipinski definition) is 4. The van der Waals surface area contributed by atoms with Crippen LogP contribution in [0.3, 0.4) is 0 Å². The van der Waals surface area contributed by atoms with E-state index in [-0.39, 0.29) is 0 Å². The molecule has 0 radical (unpaired) electrons. The standard InChI is InChI=1S/C17H14ClN3S/c18-14-8-6-12(7-9-14)11-22-16-10-15(19)20-17(21-16)13-4-2-1-3-5-13/h1-10H,11H2,(H2,19,20,21). The first-order valence-electron chi connectivity index (χ1n) is 6.78. The molecule has 0 unspecified atom stereocenters. The third-order valence-electron chi connectivity index (χ3n) is 3.05. The minimum atomic E-state index is 0.479. The van der Waals surface area contributed by atoms with Crippen molar-refractivity contribution in [3.05, 3.63) is 71.2 Å². The molecule has 0 spiro atoms. The van der Waals surface area contributed by atoms with Gasteiger partial charge < -0.3 is 5.73 Å². The number of hydrogen-bond donors (Lipinski definition) is 1. The van der Waals surface area contributed by atoms with E-state index >= 15 is 0 Å². The topological polar surface area (TPSA) is 51.8 Å². The zero-order valence-corrected chi connectivity index (χ0v) is 13.3. The van der Waals surface area contributed by atoms with Crippen LogP contribution in [0.1, 0.15) is 5.56 Å². The number of benzene rings is 2. The lowest BCUT2D eigenvalue weighted by molar-refractivity contribution is 1.06. The van der Waals surface area contributed by atoms with Crippen LogP contribution in [0.15, 0.2) is 65.7 Å². The van der Waals surface area contributed by atoms with Gasteiger partial charge in [-0.3, -0.25) is 0 Å². The van der Waals surface area contributed by atoms with E-state index < -0.39 is 0 Å². The lowest BCUT2D eigenvalue weighted by Crippen LogP contribution is -1.97. The van der Waals surface area contributed by atoms with Gasteiger partial charge in [0.15, 0.2) is 5.82 Å². The molecule has 0 fully saturated rings. The second kappa shape index (κ2) is 6.81. The number of nitrogens with two attached hydrogens (primary N) is 1. The average Bonchev–Trinajstić information content (AvgIpc) is 2.55. The highest BCUT2D eigenvalue weighted by Crippen LogP contribution is 2.25. The van der Waals surface area contributed by atoms with E-state index in [4.69, 9.17) is 17.3 Å². The quantitative estimate of drug-likeness (QED) is 0.558. The molecule has 0 saturated heterocycles. The van der Waals surface area contributed by atoms with Crippen LogP contribution < -0.4 is 5.73 Å². The van der Waals surface area contributed by atoms with Crippen LogP contribution in [0, 0.1) is 0 Å². The molecule has 1 aromatic heterocycles. The Bertz CT molecular complexity index is 761. The number of thioether (sulfide) groups is 1. The van der Waals surface area contributed by atoms with Gasteiger partial charge in [-0.1, -0.05) is 54.1 Å². The zero-order valence-electron chi connectivity index (χ0n) is 11.7. The molecule has 2 N–H and O–H groups in total. The average molecular weight is 328 g/mol. The van der Waals surface area contributed by atoms with Gasteiger partial charge in [-0.15, -0.1) is 11.8 Å². The third kappa shape index (κ3) is 3.78. The number of halogens is 1. The fourth-order valence-electron chi connectivity index (χ4n) is 1.97. The summed E-state index contributed by atoms with van der Waals surface area (Å²) in [6.07, 6.45) is 0. The van der Waals surface area contributed by atoms with Crippen LogP contribution in [-0.4, -0.2) is 9.97 Å². The van der Waals surface area contributed by atoms with E-state index in [1.165, 1.54) is 5.56 Å². The van der Waals surface area contributed by atoms with Gasteiger partial charge in [0.05, 0.1) is 0 Å². The molecular weight excluding hydrogens is 314 g/mol. The highest BCUT2D eigenvalue weighted by Gasteiger charge is 2.06. The van der Waals surface area contributed by atoms with Gasteiger partial charge in [0.2, 0.25) is 0 Å². The Balaban J connectivity index is 1.79. The summed E-state index contributed by atoms with van der Waals surface area (Å²) in [7, 11) is 0. The van der Waals surface area contributed by atoms with Crippen molar-refractivity contribution in [1.29, 1.82) is 0 Å². The van der Waals surface area contributed by atoms with Crippen molar-refractivity contribution in [2.75, 3.05) is 5.73 Å². The maximum absolute atomic E-state index is 5.90. The first-order chi connectivity index (χ1) is 10.7. The van der Waals surface area contributed by atoms with Crippen LogP contribution >= 0.6 is 23.4 Å². The first kappa shape index (κ1) is 14.9. The van der Waals surface area contributed by atoms with Gasteiger partial charge in [-0.2, -0.15) is 0 Å². The lowest BCUT2D eigenvalue weighted by Gasteiger charge is -2.06. The van der Waals surface area contributed by atoms with E-state index in [0.717, 1.165) is 21.4 Å². The highest BCUT2D eigenvalue weighted by atomic mass is 35.5. The predicted molar refractivity (Wildman–Crippen MR) is 92.9 cm³/mol. The van der Waals surface area contributed by atoms with Crippen molar-refractivity contribution in [2.45, 2.75) is 10.8 Å². The summed E-state index contributed by atoms with van der Waals surface area (Å²) in [6, 6.07) is 19.4. The maximum Gasteiger partial charge on any atom is 0.162 e. The highest BCUT2D eigenvalue weighted by molar-refractivity contribution is 7.98. The van der Waals surface area contributed by atoms with Crippen LogP contribution in [0.5, 0.6) is 0 Å². The molecule has 110 valence electrons. The molecule has 22 heavy (non-hydrogen) atoms. The SMILES string of the molecule is Nc1cc(SCc2ccc(Cl)cc2)nc(-c2ccccc2)n1. The van der Waals surface area contributed by atoms with Crippen LogP contribution in [0.4, 0.5) is 5.82 Å². The molecule has 1 heterocycles. The van der Waals surface area contributed by atoms with Crippen molar-refractivity contribution >= 4 is 29.2 Å². The summed E-state index contributed by atoms with van der Waals surface area (Å²) in [5, 5.41) is 1.60. The smallest absolute Gasteiger partial charge is 0.162 e. The van der Waals surface area contributed by atoms with Gasteiger partial charge in [-0.05, 0) is 17.7 Å². The molecular formula is C17H14ClN3S.